The van der Waals surface area contributed by atoms with Crippen LogP contribution in [0.3, 0.4) is 0 Å². The summed E-state index contributed by atoms with van der Waals surface area (Å²) in [5.41, 5.74) is 0.0636. The van der Waals surface area contributed by atoms with E-state index in [1.807, 2.05) is 20.8 Å². The van der Waals surface area contributed by atoms with Crippen molar-refractivity contribution < 1.29 is 24.5 Å². The first-order chi connectivity index (χ1) is 9.30. The fourth-order valence-electron chi connectivity index (χ4n) is 2.27. The van der Waals surface area contributed by atoms with Crippen molar-refractivity contribution in [1.82, 2.24) is 5.32 Å². The standard InChI is InChI=1S/C14H19NO5/c1-14(2,3)12(15-13(17)18)10(16)8-5-4-6-9-11(8)20-7-19-9/h4-6,10,12,15-16H,7H2,1-3H3,(H,17,18). The second-order valence-corrected chi connectivity index (χ2v) is 5.82. The Balaban J connectivity index is 2.35. The molecular weight excluding hydrogens is 262 g/mol. The van der Waals surface area contributed by atoms with Crippen molar-refractivity contribution in [3.05, 3.63) is 23.8 Å². The molecule has 20 heavy (non-hydrogen) atoms. The summed E-state index contributed by atoms with van der Waals surface area (Å²) >= 11 is 0. The van der Waals surface area contributed by atoms with E-state index in [-0.39, 0.29) is 6.79 Å². The first-order valence-electron chi connectivity index (χ1n) is 6.36. The van der Waals surface area contributed by atoms with Gasteiger partial charge in [0.15, 0.2) is 11.5 Å². The van der Waals surface area contributed by atoms with Crippen LogP contribution in [-0.2, 0) is 0 Å². The Morgan fingerprint density at radius 2 is 2.05 bits per heavy atom. The number of ether oxygens (including phenoxy) is 2. The zero-order valence-electron chi connectivity index (χ0n) is 11.7. The van der Waals surface area contributed by atoms with Gasteiger partial charge >= 0.3 is 6.09 Å². The molecule has 1 heterocycles. The monoisotopic (exact) mass is 281 g/mol. The maximum absolute atomic E-state index is 10.9. The molecule has 110 valence electrons. The zero-order valence-corrected chi connectivity index (χ0v) is 11.7. The van der Waals surface area contributed by atoms with Crippen molar-refractivity contribution in [3.63, 3.8) is 0 Å². The third kappa shape index (κ3) is 2.80. The van der Waals surface area contributed by atoms with Crippen molar-refractivity contribution in [2.24, 2.45) is 5.41 Å². The van der Waals surface area contributed by atoms with E-state index in [0.29, 0.717) is 17.1 Å². The third-order valence-electron chi connectivity index (χ3n) is 3.27. The molecule has 1 aromatic carbocycles. The first kappa shape index (κ1) is 14.5. The van der Waals surface area contributed by atoms with Gasteiger partial charge in [-0.3, -0.25) is 0 Å². The van der Waals surface area contributed by atoms with Gasteiger partial charge in [-0.15, -0.1) is 0 Å². The van der Waals surface area contributed by atoms with Crippen LogP contribution < -0.4 is 14.8 Å². The highest BCUT2D eigenvalue weighted by atomic mass is 16.7. The van der Waals surface area contributed by atoms with Crippen molar-refractivity contribution >= 4 is 6.09 Å². The van der Waals surface area contributed by atoms with Crippen LogP contribution in [0.4, 0.5) is 4.79 Å². The molecule has 1 amide bonds. The number of hydrogen-bond donors (Lipinski definition) is 3. The number of carbonyl (C=O) groups is 1. The summed E-state index contributed by atoms with van der Waals surface area (Å²) in [7, 11) is 0. The van der Waals surface area contributed by atoms with Crippen LogP contribution in [0.2, 0.25) is 0 Å². The Hall–Kier alpha value is -1.95. The third-order valence-corrected chi connectivity index (χ3v) is 3.27. The van der Waals surface area contributed by atoms with Crippen LogP contribution >= 0.6 is 0 Å². The highest BCUT2D eigenvalue weighted by molar-refractivity contribution is 5.65. The summed E-state index contributed by atoms with van der Waals surface area (Å²) in [6, 6.07) is 4.53. The first-order valence-corrected chi connectivity index (χ1v) is 6.36. The highest BCUT2D eigenvalue weighted by Gasteiger charge is 2.36. The number of rotatable bonds is 3. The average molecular weight is 281 g/mol. The minimum absolute atomic E-state index is 0.103. The smallest absolute Gasteiger partial charge is 0.404 e. The molecule has 1 aliphatic rings. The molecule has 0 saturated heterocycles. The molecule has 2 atom stereocenters. The molecule has 0 spiro atoms. The Morgan fingerprint density at radius 1 is 1.35 bits per heavy atom. The number of benzene rings is 1. The topological polar surface area (TPSA) is 88.0 Å². The molecule has 0 saturated carbocycles. The van der Waals surface area contributed by atoms with Crippen LogP contribution in [0.15, 0.2) is 18.2 Å². The maximum Gasteiger partial charge on any atom is 0.404 e. The summed E-state index contributed by atoms with van der Waals surface area (Å²) in [5, 5.41) is 21.9. The van der Waals surface area contributed by atoms with E-state index in [4.69, 9.17) is 14.6 Å². The maximum atomic E-state index is 10.9. The number of para-hydroxylation sites is 1. The largest absolute Gasteiger partial charge is 0.465 e. The van der Waals surface area contributed by atoms with E-state index in [1.54, 1.807) is 18.2 Å². The predicted octanol–water partition coefficient (Wildman–Crippen LogP) is 2.13. The van der Waals surface area contributed by atoms with Gasteiger partial charge in [-0.2, -0.15) is 0 Å². The molecule has 0 bridgehead atoms. The molecular formula is C14H19NO5. The van der Waals surface area contributed by atoms with E-state index < -0.39 is 23.7 Å². The molecule has 0 radical (unpaired) electrons. The number of nitrogens with one attached hydrogen (secondary N) is 1. The van der Waals surface area contributed by atoms with Crippen LogP contribution in [0, 0.1) is 5.41 Å². The zero-order chi connectivity index (χ0) is 14.9. The lowest BCUT2D eigenvalue weighted by Gasteiger charge is -2.34. The van der Waals surface area contributed by atoms with Gasteiger partial charge in [-0.1, -0.05) is 32.9 Å². The van der Waals surface area contributed by atoms with Gasteiger partial charge in [0.05, 0.1) is 6.04 Å². The number of hydrogen-bond acceptors (Lipinski definition) is 4. The summed E-state index contributed by atoms with van der Waals surface area (Å²) in [6.07, 6.45) is -2.20. The quantitative estimate of drug-likeness (QED) is 0.790. The normalized spacial score (nSPS) is 16.6. The average Bonchev–Trinajstić information content (AvgIpc) is 2.81. The Morgan fingerprint density at radius 3 is 2.65 bits per heavy atom. The van der Waals surface area contributed by atoms with Crippen LogP contribution in [0.25, 0.3) is 0 Å². The number of fused-ring (bicyclic) bond motifs is 1. The van der Waals surface area contributed by atoms with Gasteiger partial charge in [0.1, 0.15) is 6.10 Å². The predicted molar refractivity (Wildman–Crippen MR) is 71.9 cm³/mol. The van der Waals surface area contributed by atoms with E-state index >= 15 is 0 Å². The SMILES string of the molecule is CC(C)(C)C(NC(=O)O)C(O)c1cccc2c1OCO2. The van der Waals surface area contributed by atoms with Gasteiger partial charge in [0.2, 0.25) is 6.79 Å². The molecule has 2 unspecified atom stereocenters. The fraction of sp³-hybridized carbons (Fsp3) is 0.500. The van der Waals surface area contributed by atoms with Gasteiger partial charge in [0.25, 0.3) is 0 Å². The second kappa shape index (κ2) is 5.20. The fourth-order valence-corrected chi connectivity index (χ4v) is 2.27. The van der Waals surface area contributed by atoms with Crippen molar-refractivity contribution in [2.75, 3.05) is 6.79 Å². The molecule has 0 aromatic heterocycles. The summed E-state index contributed by atoms with van der Waals surface area (Å²) in [5.74, 6) is 1.03. The molecule has 0 aliphatic carbocycles. The summed E-state index contributed by atoms with van der Waals surface area (Å²) in [4.78, 5) is 10.9. The molecule has 6 nitrogen and oxygen atoms in total. The van der Waals surface area contributed by atoms with Crippen LogP contribution in [0.1, 0.15) is 32.4 Å². The van der Waals surface area contributed by atoms with E-state index in [2.05, 4.69) is 5.32 Å². The number of aliphatic hydroxyl groups excluding tert-OH is 1. The number of amides is 1. The lowest BCUT2D eigenvalue weighted by Crippen LogP contribution is -2.47. The molecule has 3 N–H and O–H groups in total. The van der Waals surface area contributed by atoms with Crippen LogP contribution in [0.5, 0.6) is 11.5 Å². The number of aliphatic hydroxyl groups is 1. The molecule has 2 rings (SSSR count). The Kier molecular flexibility index (Phi) is 3.76. The van der Waals surface area contributed by atoms with E-state index in [9.17, 15) is 9.90 Å². The van der Waals surface area contributed by atoms with Crippen LogP contribution in [-0.4, -0.2) is 29.1 Å². The lowest BCUT2D eigenvalue weighted by molar-refractivity contribution is 0.0660. The lowest BCUT2D eigenvalue weighted by atomic mass is 9.81. The molecule has 6 heteroatoms. The Labute approximate surface area is 117 Å². The van der Waals surface area contributed by atoms with E-state index in [1.165, 1.54) is 0 Å². The van der Waals surface area contributed by atoms with E-state index in [0.717, 1.165) is 0 Å². The molecule has 0 fully saturated rings. The second-order valence-electron chi connectivity index (χ2n) is 5.82. The molecule has 1 aliphatic heterocycles. The minimum Gasteiger partial charge on any atom is -0.465 e. The van der Waals surface area contributed by atoms with Gasteiger partial charge in [-0.25, -0.2) is 4.79 Å². The highest BCUT2D eigenvalue weighted by Crippen LogP contribution is 2.41. The number of carboxylic acid groups (broad SMARTS) is 1. The van der Waals surface area contributed by atoms with Gasteiger partial charge < -0.3 is 25.0 Å². The summed E-state index contributed by atoms with van der Waals surface area (Å²) < 4.78 is 10.6. The van der Waals surface area contributed by atoms with Crippen molar-refractivity contribution in [3.8, 4) is 11.5 Å². The van der Waals surface area contributed by atoms with Gasteiger partial charge in [0, 0.05) is 5.56 Å². The van der Waals surface area contributed by atoms with Gasteiger partial charge in [-0.05, 0) is 11.5 Å². The molecule has 1 aromatic rings. The summed E-state index contributed by atoms with van der Waals surface area (Å²) in [6.45, 7) is 5.68. The Bertz CT molecular complexity index is 509. The van der Waals surface area contributed by atoms with Crippen molar-refractivity contribution in [1.29, 1.82) is 0 Å². The minimum atomic E-state index is -1.17. The van der Waals surface area contributed by atoms with Crippen molar-refractivity contribution in [2.45, 2.75) is 32.9 Å².